The van der Waals surface area contributed by atoms with Crippen molar-refractivity contribution in [2.75, 3.05) is 11.9 Å². The fourth-order valence-corrected chi connectivity index (χ4v) is 3.12. The Bertz CT molecular complexity index is 476. The number of benzene rings is 1. The number of hydrogen-bond donors (Lipinski definition) is 0. The van der Waals surface area contributed by atoms with E-state index in [4.69, 9.17) is 4.74 Å². The number of alkyl halides is 1. The number of hydrogen-bond acceptors (Lipinski definition) is 3. The highest BCUT2D eigenvalue weighted by Gasteiger charge is 2.28. The molecule has 0 aliphatic rings. The Kier molecular flexibility index (Phi) is 5.99. The monoisotopic (exact) mass is 343 g/mol. The van der Waals surface area contributed by atoms with Gasteiger partial charge in [-0.05, 0) is 37.8 Å². The molecule has 1 aromatic carbocycles. The van der Waals surface area contributed by atoms with E-state index >= 15 is 0 Å². The molecule has 0 aliphatic heterocycles. The number of nitro benzene ring substituents is 1. The van der Waals surface area contributed by atoms with Gasteiger partial charge in [-0.3, -0.25) is 10.1 Å². The molecule has 1 rings (SSSR count). The molecule has 5 heteroatoms. The van der Waals surface area contributed by atoms with E-state index in [9.17, 15) is 10.1 Å². The minimum atomic E-state index is -0.372. The highest BCUT2D eigenvalue weighted by molar-refractivity contribution is 9.09. The first-order chi connectivity index (χ1) is 9.39. The molecule has 4 nitrogen and oxygen atoms in total. The molecule has 1 aromatic rings. The number of rotatable bonds is 7. The lowest BCUT2D eigenvalue weighted by Gasteiger charge is -2.29. The number of nitro groups is 1. The maximum Gasteiger partial charge on any atom is 0.311 e. The van der Waals surface area contributed by atoms with Gasteiger partial charge in [-0.2, -0.15) is 0 Å². The van der Waals surface area contributed by atoms with E-state index in [1.54, 1.807) is 6.07 Å². The largest absolute Gasteiger partial charge is 0.486 e. The maximum absolute atomic E-state index is 11.2. The molecule has 0 bridgehead atoms. The van der Waals surface area contributed by atoms with Crippen LogP contribution in [0.1, 0.15) is 37.8 Å². The van der Waals surface area contributed by atoms with Crippen molar-refractivity contribution in [2.45, 2.75) is 40.5 Å². The summed E-state index contributed by atoms with van der Waals surface area (Å²) in [7, 11) is 0. The molecular weight excluding hydrogens is 322 g/mol. The van der Waals surface area contributed by atoms with Gasteiger partial charge >= 0.3 is 5.69 Å². The number of nitrogens with zero attached hydrogens (tertiary/aromatic N) is 1. The van der Waals surface area contributed by atoms with E-state index in [0.29, 0.717) is 12.4 Å². The summed E-state index contributed by atoms with van der Waals surface area (Å²) in [4.78, 5) is 10.8. The van der Waals surface area contributed by atoms with Crippen LogP contribution in [0.2, 0.25) is 0 Å². The van der Waals surface area contributed by atoms with Crippen LogP contribution in [0.3, 0.4) is 0 Å². The molecule has 0 fully saturated rings. The zero-order valence-corrected chi connectivity index (χ0v) is 14.1. The summed E-state index contributed by atoms with van der Waals surface area (Å²) in [5, 5.41) is 12.0. The van der Waals surface area contributed by atoms with Crippen molar-refractivity contribution in [3.63, 3.8) is 0 Å². The van der Waals surface area contributed by atoms with Gasteiger partial charge in [-0.25, -0.2) is 0 Å². The van der Waals surface area contributed by atoms with Crippen LogP contribution in [-0.4, -0.2) is 16.9 Å². The average molecular weight is 344 g/mol. The molecule has 0 N–H and O–H groups in total. The second kappa shape index (κ2) is 7.07. The van der Waals surface area contributed by atoms with E-state index in [1.165, 1.54) is 0 Å². The number of halogens is 1. The minimum absolute atomic E-state index is 0.0190. The lowest BCUT2D eigenvalue weighted by molar-refractivity contribution is -0.386. The Morgan fingerprint density at radius 2 is 1.90 bits per heavy atom. The van der Waals surface area contributed by atoms with Crippen LogP contribution in [-0.2, 0) is 0 Å². The van der Waals surface area contributed by atoms with Gasteiger partial charge in [0.05, 0.1) is 11.5 Å². The first-order valence-electron chi connectivity index (χ1n) is 6.83. The highest BCUT2D eigenvalue weighted by atomic mass is 79.9. The molecule has 0 radical (unpaired) electrons. The second-order valence-corrected chi connectivity index (χ2v) is 5.88. The Balaban J connectivity index is 3.06. The van der Waals surface area contributed by atoms with Crippen molar-refractivity contribution in [1.29, 1.82) is 0 Å². The van der Waals surface area contributed by atoms with Crippen molar-refractivity contribution in [2.24, 2.45) is 5.41 Å². The van der Waals surface area contributed by atoms with Gasteiger partial charge in [0, 0.05) is 16.8 Å². The zero-order valence-electron chi connectivity index (χ0n) is 12.5. The van der Waals surface area contributed by atoms with E-state index in [2.05, 4.69) is 29.8 Å². The molecule has 0 aliphatic carbocycles. The van der Waals surface area contributed by atoms with Crippen LogP contribution in [0.5, 0.6) is 5.75 Å². The smallest absolute Gasteiger partial charge is 0.311 e. The molecule has 20 heavy (non-hydrogen) atoms. The van der Waals surface area contributed by atoms with Gasteiger partial charge in [0.25, 0.3) is 0 Å². The minimum Gasteiger partial charge on any atom is -0.486 e. The summed E-state index contributed by atoms with van der Waals surface area (Å²) < 4.78 is 5.85. The SMILES string of the molecule is CCC(CC)(CBr)COc1c(C)cc(C)cc1[N+](=O)[O-]. The van der Waals surface area contributed by atoms with Crippen LogP contribution < -0.4 is 4.74 Å². The lowest BCUT2D eigenvalue weighted by atomic mass is 9.86. The molecule has 0 atom stereocenters. The first kappa shape index (κ1) is 17.0. The van der Waals surface area contributed by atoms with Crippen LogP contribution in [0, 0.1) is 29.4 Å². The summed E-state index contributed by atoms with van der Waals surface area (Å²) in [6.07, 6.45) is 1.93. The summed E-state index contributed by atoms with van der Waals surface area (Å²) in [5.74, 6) is 0.396. The Hall–Kier alpha value is -1.10. The van der Waals surface area contributed by atoms with Gasteiger partial charge in [0.2, 0.25) is 0 Å². The molecule has 0 heterocycles. The van der Waals surface area contributed by atoms with E-state index < -0.39 is 0 Å². The van der Waals surface area contributed by atoms with Gasteiger partial charge in [0.15, 0.2) is 5.75 Å². The van der Waals surface area contributed by atoms with E-state index in [-0.39, 0.29) is 16.0 Å². The molecule has 0 saturated carbocycles. The molecule has 0 amide bonds. The highest BCUT2D eigenvalue weighted by Crippen LogP contribution is 2.35. The van der Waals surface area contributed by atoms with Crippen molar-refractivity contribution in [3.05, 3.63) is 33.4 Å². The van der Waals surface area contributed by atoms with Gasteiger partial charge in [-0.1, -0.05) is 35.8 Å². The van der Waals surface area contributed by atoms with E-state index in [1.807, 2.05) is 19.9 Å². The number of ether oxygens (including phenoxy) is 1. The van der Waals surface area contributed by atoms with Gasteiger partial charge in [0.1, 0.15) is 0 Å². The fraction of sp³-hybridized carbons (Fsp3) is 0.600. The Labute approximate surface area is 128 Å². The summed E-state index contributed by atoms with van der Waals surface area (Å²) in [5.41, 5.74) is 1.76. The summed E-state index contributed by atoms with van der Waals surface area (Å²) in [6.45, 7) is 8.42. The van der Waals surface area contributed by atoms with Crippen molar-refractivity contribution < 1.29 is 9.66 Å². The molecule has 112 valence electrons. The average Bonchev–Trinajstić information content (AvgIpc) is 2.41. The van der Waals surface area contributed by atoms with Crippen LogP contribution in [0.15, 0.2) is 12.1 Å². The molecule has 0 saturated heterocycles. The molecule has 0 spiro atoms. The first-order valence-corrected chi connectivity index (χ1v) is 7.95. The summed E-state index contributed by atoms with van der Waals surface area (Å²) >= 11 is 3.53. The van der Waals surface area contributed by atoms with Crippen LogP contribution in [0.4, 0.5) is 5.69 Å². The quantitative estimate of drug-likeness (QED) is 0.406. The predicted molar refractivity (Wildman–Crippen MR) is 84.9 cm³/mol. The second-order valence-electron chi connectivity index (χ2n) is 5.32. The summed E-state index contributed by atoms with van der Waals surface area (Å²) in [6, 6.07) is 3.48. The van der Waals surface area contributed by atoms with Gasteiger partial charge < -0.3 is 4.74 Å². The van der Waals surface area contributed by atoms with Crippen LogP contribution >= 0.6 is 15.9 Å². The lowest BCUT2D eigenvalue weighted by Crippen LogP contribution is -2.29. The fourth-order valence-electron chi connectivity index (χ4n) is 2.16. The third kappa shape index (κ3) is 3.72. The number of aryl methyl sites for hydroxylation is 2. The van der Waals surface area contributed by atoms with Crippen LogP contribution in [0.25, 0.3) is 0 Å². The standard InChI is InChI=1S/C15H22BrNO3/c1-5-15(6-2,9-16)10-20-14-12(4)7-11(3)8-13(14)17(18)19/h7-8H,5-6,9-10H2,1-4H3. The molecule has 0 aromatic heterocycles. The zero-order chi connectivity index (χ0) is 15.3. The van der Waals surface area contributed by atoms with Crippen molar-refractivity contribution in [3.8, 4) is 5.75 Å². The van der Waals surface area contributed by atoms with Crippen molar-refractivity contribution in [1.82, 2.24) is 0 Å². The maximum atomic E-state index is 11.2. The molecule has 0 unspecified atom stereocenters. The van der Waals surface area contributed by atoms with E-state index in [0.717, 1.165) is 29.3 Å². The Morgan fingerprint density at radius 3 is 2.35 bits per heavy atom. The van der Waals surface area contributed by atoms with Gasteiger partial charge in [-0.15, -0.1) is 0 Å². The third-order valence-electron chi connectivity index (χ3n) is 3.90. The third-order valence-corrected chi connectivity index (χ3v) is 5.09. The van der Waals surface area contributed by atoms with Crippen molar-refractivity contribution >= 4 is 21.6 Å². The molecular formula is C15H22BrNO3. The Morgan fingerprint density at radius 1 is 1.30 bits per heavy atom. The topological polar surface area (TPSA) is 52.4 Å². The normalized spacial score (nSPS) is 11.4. The predicted octanol–water partition coefficient (Wildman–Crippen LogP) is 4.79.